The second-order valence-corrected chi connectivity index (χ2v) is 5.77. The zero-order valence-electron chi connectivity index (χ0n) is 10.8. The number of halogens is 1. The van der Waals surface area contributed by atoms with Gasteiger partial charge in [-0.3, -0.25) is 4.79 Å². The fraction of sp³-hybridized carbons (Fsp3) is 0.615. The van der Waals surface area contributed by atoms with Crippen LogP contribution >= 0.6 is 15.9 Å². The largest absolute Gasteiger partial charge is 0.444 e. The van der Waals surface area contributed by atoms with E-state index in [4.69, 9.17) is 10.2 Å². The van der Waals surface area contributed by atoms with Gasteiger partial charge in [0.25, 0.3) is 5.91 Å². The number of hydrogen-bond acceptors (Lipinski definition) is 3. The first kappa shape index (κ1) is 13.6. The number of carbonyl (C=O) groups is 1. The lowest BCUT2D eigenvalue weighted by molar-refractivity contribution is 0.0549. The van der Waals surface area contributed by atoms with Gasteiger partial charge in [-0.15, -0.1) is 0 Å². The van der Waals surface area contributed by atoms with Crippen LogP contribution in [0.3, 0.4) is 0 Å². The van der Waals surface area contributed by atoms with Crippen LogP contribution in [0.5, 0.6) is 0 Å². The summed E-state index contributed by atoms with van der Waals surface area (Å²) in [6, 6.07) is 1.93. The zero-order valence-corrected chi connectivity index (χ0v) is 12.4. The molecule has 2 N–H and O–H groups in total. The lowest BCUT2D eigenvalue weighted by atomic mass is 9.96. The van der Waals surface area contributed by atoms with Crippen molar-refractivity contribution in [2.24, 2.45) is 5.73 Å². The highest BCUT2D eigenvalue weighted by Gasteiger charge is 2.32. The Balaban J connectivity index is 2.23. The minimum Gasteiger partial charge on any atom is -0.444 e. The molecule has 2 heterocycles. The molecule has 100 valence electrons. The number of furan rings is 1. The van der Waals surface area contributed by atoms with Crippen LogP contribution in [-0.4, -0.2) is 29.4 Å². The summed E-state index contributed by atoms with van der Waals surface area (Å²) in [4.78, 5) is 14.4. The molecular formula is C13H19BrN2O2. The maximum absolute atomic E-state index is 12.5. The molecule has 0 unspecified atom stereocenters. The van der Waals surface area contributed by atoms with Crippen molar-refractivity contribution in [2.75, 3.05) is 6.54 Å². The summed E-state index contributed by atoms with van der Waals surface area (Å²) in [6.45, 7) is 4.61. The van der Waals surface area contributed by atoms with Crippen molar-refractivity contribution in [2.45, 2.75) is 45.2 Å². The summed E-state index contributed by atoms with van der Waals surface area (Å²) in [7, 11) is 0. The van der Waals surface area contributed by atoms with E-state index in [1.165, 1.54) is 0 Å². The van der Waals surface area contributed by atoms with Crippen molar-refractivity contribution in [1.29, 1.82) is 0 Å². The molecule has 1 fully saturated rings. The molecule has 4 nitrogen and oxygen atoms in total. The Bertz CT molecular complexity index is 442. The van der Waals surface area contributed by atoms with Gasteiger partial charge in [-0.05, 0) is 55.1 Å². The summed E-state index contributed by atoms with van der Waals surface area (Å²) in [5.74, 6) is 0.384. The maximum Gasteiger partial charge on any atom is 0.290 e. The van der Waals surface area contributed by atoms with E-state index in [1.54, 1.807) is 0 Å². The van der Waals surface area contributed by atoms with Crippen molar-refractivity contribution < 1.29 is 9.21 Å². The van der Waals surface area contributed by atoms with Crippen LogP contribution < -0.4 is 5.73 Å². The van der Waals surface area contributed by atoms with Crippen molar-refractivity contribution >= 4 is 21.8 Å². The summed E-state index contributed by atoms with van der Waals surface area (Å²) in [5.41, 5.74) is 6.84. The molecule has 1 aliphatic rings. The molecule has 0 radical (unpaired) electrons. The summed E-state index contributed by atoms with van der Waals surface area (Å²) < 4.78 is 6.04. The van der Waals surface area contributed by atoms with Crippen molar-refractivity contribution in [3.63, 3.8) is 0 Å². The van der Waals surface area contributed by atoms with Crippen LogP contribution in [0, 0.1) is 6.92 Å². The number of likely N-dealkylation sites (tertiary alicyclic amines) is 1. The van der Waals surface area contributed by atoms with E-state index in [2.05, 4.69) is 15.9 Å². The average molecular weight is 315 g/mol. The molecule has 0 aliphatic carbocycles. The van der Waals surface area contributed by atoms with Crippen LogP contribution in [0.15, 0.2) is 15.2 Å². The Morgan fingerprint density at radius 3 is 2.89 bits per heavy atom. The van der Waals surface area contributed by atoms with Crippen molar-refractivity contribution in [3.05, 3.63) is 22.1 Å². The van der Waals surface area contributed by atoms with Gasteiger partial charge >= 0.3 is 0 Å². The second-order valence-electron chi connectivity index (χ2n) is 4.98. The molecule has 1 aromatic rings. The first-order valence-corrected chi connectivity index (χ1v) is 7.12. The fourth-order valence-corrected chi connectivity index (χ4v) is 3.05. The number of nitrogens with two attached hydrogens (primary N) is 1. The van der Waals surface area contributed by atoms with E-state index >= 15 is 0 Å². The highest BCUT2D eigenvalue weighted by Crippen LogP contribution is 2.25. The quantitative estimate of drug-likeness (QED) is 0.913. The molecular weight excluding hydrogens is 296 g/mol. The third kappa shape index (κ3) is 2.62. The van der Waals surface area contributed by atoms with Gasteiger partial charge < -0.3 is 15.1 Å². The number of piperidine rings is 1. The van der Waals surface area contributed by atoms with Crippen molar-refractivity contribution in [1.82, 2.24) is 4.90 Å². The standard InChI is InChI=1S/C13H19BrN2O2/c1-8-7-11(14)18-12(8)13(17)16-6-4-3-5-10(16)9(2)15/h7,9-10H,3-6,15H2,1-2H3/t9-,10-/m0/s1. The molecule has 2 atom stereocenters. The monoisotopic (exact) mass is 314 g/mol. The van der Waals surface area contributed by atoms with E-state index in [1.807, 2.05) is 24.8 Å². The van der Waals surface area contributed by atoms with Crippen LogP contribution in [0.4, 0.5) is 0 Å². The Hall–Kier alpha value is -0.810. The Labute approximate surface area is 116 Å². The van der Waals surface area contributed by atoms with Gasteiger partial charge in [-0.25, -0.2) is 0 Å². The summed E-state index contributed by atoms with van der Waals surface area (Å²) in [6.07, 6.45) is 3.15. The molecule has 1 aromatic heterocycles. The minimum absolute atomic E-state index is 0.00652. The molecule has 18 heavy (non-hydrogen) atoms. The first-order valence-electron chi connectivity index (χ1n) is 6.33. The number of nitrogens with zero attached hydrogens (tertiary/aromatic N) is 1. The number of hydrogen-bond donors (Lipinski definition) is 1. The maximum atomic E-state index is 12.5. The van der Waals surface area contributed by atoms with Gasteiger partial charge in [0.1, 0.15) is 0 Å². The number of aryl methyl sites for hydroxylation is 1. The van der Waals surface area contributed by atoms with E-state index in [9.17, 15) is 4.79 Å². The van der Waals surface area contributed by atoms with Gasteiger partial charge in [0.05, 0.1) is 0 Å². The smallest absolute Gasteiger partial charge is 0.290 e. The fourth-order valence-electron chi connectivity index (χ4n) is 2.54. The summed E-state index contributed by atoms with van der Waals surface area (Å²) >= 11 is 3.26. The Kier molecular flexibility index (Phi) is 4.12. The summed E-state index contributed by atoms with van der Waals surface area (Å²) in [5, 5.41) is 0. The average Bonchev–Trinajstić information content (AvgIpc) is 2.67. The molecule has 1 aliphatic heterocycles. The predicted molar refractivity (Wildman–Crippen MR) is 73.5 cm³/mol. The molecule has 1 saturated heterocycles. The molecule has 0 bridgehead atoms. The van der Waals surface area contributed by atoms with E-state index in [0.717, 1.165) is 31.4 Å². The minimum atomic E-state index is -0.0415. The topological polar surface area (TPSA) is 59.5 Å². The lowest BCUT2D eigenvalue weighted by Crippen LogP contribution is -2.51. The Morgan fingerprint density at radius 2 is 2.33 bits per heavy atom. The second kappa shape index (κ2) is 5.45. The van der Waals surface area contributed by atoms with E-state index < -0.39 is 0 Å². The zero-order chi connectivity index (χ0) is 13.3. The molecule has 0 aromatic carbocycles. The molecule has 0 saturated carbocycles. The van der Waals surface area contributed by atoms with Gasteiger partial charge in [-0.1, -0.05) is 0 Å². The highest BCUT2D eigenvalue weighted by molar-refractivity contribution is 9.10. The first-order chi connectivity index (χ1) is 8.50. The highest BCUT2D eigenvalue weighted by atomic mass is 79.9. The van der Waals surface area contributed by atoms with Gasteiger partial charge in [0.2, 0.25) is 0 Å². The third-order valence-corrected chi connectivity index (χ3v) is 3.89. The predicted octanol–water partition coefficient (Wildman–Crippen LogP) is 2.69. The Morgan fingerprint density at radius 1 is 1.61 bits per heavy atom. The molecule has 5 heteroatoms. The lowest BCUT2D eigenvalue weighted by Gasteiger charge is -2.37. The van der Waals surface area contributed by atoms with E-state index in [-0.39, 0.29) is 18.0 Å². The molecule has 0 spiro atoms. The van der Waals surface area contributed by atoms with Gasteiger partial charge in [0.15, 0.2) is 10.4 Å². The normalized spacial score (nSPS) is 22.0. The van der Waals surface area contributed by atoms with Crippen LogP contribution in [0.1, 0.15) is 42.3 Å². The van der Waals surface area contributed by atoms with Crippen LogP contribution in [0.25, 0.3) is 0 Å². The van der Waals surface area contributed by atoms with E-state index in [0.29, 0.717) is 10.4 Å². The SMILES string of the molecule is Cc1cc(Br)oc1C(=O)N1CCCC[C@H]1[C@H](C)N. The number of rotatable bonds is 2. The van der Waals surface area contributed by atoms with Crippen LogP contribution in [0.2, 0.25) is 0 Å². The van der Waals surface area contributed by atoms with Crippen molar-refractivity contribution in [3.8, 4) is 0 Å². The third-order valence-electron chi connectivity index (χ3n) is 3.50. The number of carbonyl (C=O) groups excluding carboxylic acids is 1. The number of amides is 1. The molecule has 1 amide bonds. The van der Waals surface area contributed by atoms with Gasteiger partial charge in [0, 0.05) is 24.2 Å². The van der Waals surface area contributed by atoms with Gasteiger partial charge in [-0.2, -0.15) is 0 Å². The molecule has 2 rings (SSSR count). The van der Waals surface area contributed by atoms with Crippen LogP contribution in [-0.2, 0) is 0 Å².